The SMILES string of the molecule is O=C(O)c1ccc(C(=O)O)cc1.O=C1OCCOC(=O)c2ccc1cc2. The van der Waals surface area contributed by atoms with Crippen molar-refractivity contribution >= 4 is 23.9 Å². The highest BCUT2D eigenvalue weighted by molar-refractivity contribution is 5.93. The molecule has 2 aliphatic rings. The number of benzene rings is 2. The summed E-state index contributed by atoms with van der Waals surface area (Å²) >= 11 is 0. The molecule has 2 aliphatic heterocycles. The maximum Gasteiger partial charge on any atom is 0.338 e. The third-order valence-corrected chi connectivity index (χ3v) is 3.28. The van der Waals surface area contributed by atoms with Crippen molar-refractivity contribution in [3.05, 3.63) is 70.8 Å². The Morgan fingerprint density at radius 3 is 1.23 bits per heavy atom. The first-order valence-corrected chi connectivity index (χ1v) is 7.39. The second-order valence-electron chi connectivity index (χ2n) is 5.04. The van der Waals surface area contributed by atoms with Gasteiger partial charge in [-0.15, -0.1) is 0 Å². The molecule has 0 fully saturated rings. The van der Waals surface area contributed by atoms with Crippen molar-refractivity contribution in [1.29, 1.82) is 0 Å². The first-order chi connectivity index (χ1) is 12.4. The van der Waals surface area contributed by atoms with Gasteiger partial charge in [-0.3, -0.25) is 0 Å². The molecule has 26 heavy (non-hydrogen) atoms. The van der Waals surface area contributed by atoms with E-state index in [1.807, 2.05) is 0 Å². The van der Waals surface area contributed by atoms with E-state index < -0.39 is 23.9 Å². The first kappa shape index (κ1) is 18.7. The molecule has 0 saturated heterocycles. The van der Waals surface area contributed by atoms with E-state index >= 15 is 0 Å². The van der Waals surface area contributed by atoms with Crippen molar-refractivity contribution in [3.8, 4) is 0 Å². The van der Waals surface area contributed by atoms with Crippen LogP contribution in [0.15, 0.2) is 48.5 Å². The van der Waals surface area contributed by atoms with Crippen LogP contribution in [-0.2, 0) is 9.47 Å². The van der Waals surface area contributed by atoms with E-state index in [1.54, 1.807) is 24.3 Å². The van der Waals surface area contributed by atoms with E-state index in [-0.39, 0.29) is 24.3 Å². The summed E-state index contributed by atoms with van der Waals surface area (Å²) in [6, 6.07) is 11.2. The van der Waals surface area contributed by atoms with Crippen LogP contribution < -0.4 is 0 Å². The zero-order valence-corrected chi connectivity index (χ0v) is 13.4. The smallest absolute Gasteiger partial charge is 0.338 e. The first-order valence-electron chi connectivity index (χ1n) is 7.39. The standard InChI is InChI=1S/C10H8O4.C8H6O4/c11-9-7-1-2-8(4-3-7)10(12)14-6-5-13-9;9-7(10)5-1-2-6(4-3-5)8(11)12/h1-4H,5-6H2;1-4H,(H,9,10)(H,11,12). The quantitative estimate of drug-likeness (QED) is 0.781. The van der Waals surface area contributed by atoms with Crippen LogP contribution in [0.4, 0.5) is 0 Å². The van der Waals surface area contributed by atoms with Gasteiger partial charge in [-0.2, -0.15) is 0 Å². The van der Waals surface area contributed by atoms with Crippen LogP contribution in [0.1, 0.15) is 41.4 Å². The number of ether oxygens (including phenoxy) is 2. The molecule has 2 N–H and O–H groups in total. The van der Waals surface area contributed by atoms with Gasteiger partial charge >= 0.3 is 23.9 Å². The van der Waals surface area contributed by atoms with E-state index in [1.165, 1.54) is 24.3 Å². The number of carboxylic acid groups (broad SMARTS) is 2. The van der Waals surface area contributed by atoms with Gasteiger partial charge in [0, 0.05) is 0 Å². The molecule has 134 valence electrons. The van der Waals surface area contributed by atoms with Gasteiger partial charge in [0.05, 0.1) is 22.3 Å². The number of hydrogen-bond donors (Lipinski definition) is 2. The van der Waals surface area contributed by atoms with Crippen LogP contribution in [0.3, 0.4) is 0 Å². The van der Waals surface area contributed by atoms with E-state index in [4.69, 9.17) is 19.7 Å². The van der Waals surface area contributed by atoms with Crippen LogP contribution in [0, 0.1) is 0 Å². The molecule has 0 radical (unpaired) electrons. The van der Waals surface area contributed by atoms with Crippen LogP contribution >= 0.6 is 0 Å². The van der Waals surface area contributed by atoms with Gasteiger partial charge in [0.1, 0.15) is 13.2 Å². The Bertz CT molecular complexity index is 751. The molecular weight excluding hydrogens is 344 g/mol. The molecule has 0 atom stereocenters. The zero-order chi connectivity index (χ0) is 19.1. The molecule has 2 aromatic carbocycles. The van der Waals surface area contributed by atoms with Crippen LogP contribution in [-0.4, -0.2) is 47.3 Å². The Morgan fingerprint density at radius 2 is 0.962 bits per heavy atom. The van der Waals surface area contributed by atoms with Gasteiger partial charge in [-0.05, 0) is 48.5 Å². The van der Waals surface area contributed by atoms with E-state index in [2.05, 4.69) is 0 Å². The van der Waals surface area contributed by atoms with Crippen LogP contribution in [0.2, 0.25) is 0 Å². The molecule has 8 heteroatoms. The van der Waals surface area contributed by atoms with E-state index in [9.17, 15) is 19.2 Å². The number of carboxylic acids is 2. The highest BCUT2D eigenvalue weighted by Gasteiger charge is 2.13. The normalized spacial score (nSPS) is 12.9. The average molecular weight is 358 g/mol. The van der Waals surface area contributed by atoms with Gasteiger partial charge in [0.15, 0.2) is 0 Å². The number of carbonyl (C=O) groups is 4. The van der Waals surface area contributed by atoms with Crippen molar-refractivity contribution < 1.29 is 38.9 Å². The number of aromatic carboxylic acids is 2. The molecule has 0 spiro atoms. The average Bonchev–Trinajstić information content (AvgIpc) is 2.65. The minimum Gasteiger partial charge on any atom is -0.478 e. The molecule has 4 rings (SSSR count). The number of hydrogen-bond acceptors (Lipinski definition) is 6. The fourth-order valence-corrected chi connectivity index (χ4v) is 1.93. The van der Waals surface area contributed by atoms with Gasteiger partial charge < -0.3 is 19.7 Å². The predicted molar refractivity (Wildman–Crippen MR) is 87.4 cm³/mol. The number of esters is 2. The highest BCUT2D eigenvalue weighted by atomic mass is 16.6. The second kappa shape index (κ2) is 8.43. The van der Waals surface area contributed by atoms with Crippen LogP contribution in [0.25, 0.3) is 0 Å². The molecule has 2 bridgehead atoms. The summed E-state index contributed by atoms with van der Waals surface area (Å²) in [5, 5.41) is 16.9. The predicted octanol–water partition coefficient (Wildman–Crippen LogP) is 2.10. The molecule has 2 heterocycles. The fraction of sp³-hybridized carbons (Fsp3) is 0.111. The lowest BCUT2D eigenvalue weighted by molar-refractivity contribution is 0.0260. The second-order valence-corrected chi connectivity index (χ2v) is 5.04. The summed E-state index contributed by atoms with van der Waals surface area (Å²) in [5.74, 6) is -2.91. The van der Waals surface area contributed by atoms with E-state index in [0.29, 0.717) is 11.1 Å². The lowest BCUT2D eigenvalue weighted by Gasteiger charge is -2.09. The summed E-state index contributed by atoms with van der Waals surface area (Å²) in [6.45, 7) is 0.200. The Hall–Kier alpha value is -3.68. The number of rotatable bonds is 2. The monoisotopic (exact) mass is 358 g/mol. The van der Waals surface area contributed by atoms with E-state index in [0.717, 1.165) is 0 Å². The van der Waals surface area contributed by atoms with Gasteiger partial charge in [-0.25, -0.2) is 19.2 Å². The van der Waals surface area contributed by atoms with Gasteiger partial charge in [0.25, 0.3) is 0 Å². The summed E-state index contributed by atoms with van der Waals surface area (Å²) in [4.78, 5) is 43.2. The Morgan fingerprint density at radius 1 is 0.654 bits per heavy atom. The molecule has 0 saturated carbocycles. The Labute approximate surface area is 147 Å². The van der Waals surface area contributed by atoms with Gasteiger partial charge in [0.2, 0.25) is 0 Å². The fourth-order valence-electron chi connectivity index (χ4n) is 1.93. The third-order valence-electron chi connectivity index (χ3n) is 3.28. The summed E-state index contributed by atoms with van der Waals surface area (Å²) in [7, 11) is 0. The lowest BCUT2D eigenvalue weighted by Crippen LogP contribution is -2.16. The topological polar surface area (TPSA) is 127 Å². The van der Waals surface area contributed by atoms with Crippen LogP contribution in [0.5, 0.6) is 0 Å². The molecule has 8 nitrogen and oxygen atoms in total. The Kier molecular flexibility index (Phi) is 6.05. The maximum absolute atomic E-state index is 11.3. The summed E-state index contributed by atoms with van der Waals surface area (Å²) in [6.07, 6.45) is 0. The number of carbonyl (C=O) groups excluding carboxylic acids is 2. The van der Waals surface area contributed by atoms with Gasteiger partial charge in [-0.1, -0.05) is 0 Å². The van der Waals surface area contributed by atoms with Crippen molar-refractivity contribution in [2.75, 3.05) is 13.2 Å². The third kappa shape index (κ3) is 4.91. The molecule has 2 aromatic rings. The van der Waals surface area contributed by atoms with Crippen molar-refractivity contribution in [3.63, 3.8) is 0 Å². The minimum atomic E-state index is -1.06. The Balaban J connectivity index is 0.000000190. The molecular formula is C18H14O8. The minimum absolute atomic E-state index is 0.0833. The zero-order valence-electron chi connectivity index (χ0n) is 13.4. The van der Waals surface area contributed by atoms with Crippen molar-refractivity contribution in [2.24, 2.45) is 0 Å². The summed E-state index contributed by atoms with van der Waals surface area (Å²) < 4.78 is 9.66. The van der Waals surface area contributed by atoms with Crippen molar-refractivity contribution in [1.82, 2.24) is 0 Å². The van der Waals surface area contributed by atoms with Crippen molar-refractivity contribution in [2.45, 2.75) is 0 Å². The number of fused-ring (bicyclic) bond motifs is 7. The molecule has 0 unspecified atom stereocenters. The highest BCUT2D eigenvalue weighted by Crippen LogP contribution is 2.09. The maximum atomic E-state index is 11.3. The summed E-state index contributed by atoms with van der Waals surface area (Å²) in [5.41, 5.74) is 1.06. The molecule has 0 aromatic heterocycles. The molecule has 0 aliphatic carbocycles. The molecule has 0 amide bonds. The largest absolute Gasteiger partial charge is 0.478 e. The lowest BCUT2D eigenvalue weighted by atomic mass is 10.1.